The van der Waals surface area contributed by atoms with Gasteiger partial charge < -0.3 is 5.32 Å². The molecule has 1 saturated heterocycles. The third-order valence-electron chi connectivity index (χ3n) is 3.30. The van der Waals surface area contributed by atoms with Crippen molar-refractivity contribution in [2.24, 2.45) is 5.41 Å². The van der Waals surface area contributed by atoms with E-state index in [4.69, 9.17) is 0 Å². The van der Waals surface area contributed by atoms with Crippen LogP contribution in [0.1, 0.15) is 72.6 Å². The second-order valence-electron chi connectivity index (χ2n) is 5.82. The lowest BCUT2D eigenvalue weighted by molar-refractivity contribution is 0.259. The van der Waals surface area contributed by atoms with Crippen molar-refractivity contribution in [2.75, 3.05) is 13.1 Å². The topological polar surface area (TPSA) is 12.0 Å². The fourth-order valence-electron chi connectivity index (χ4n) is 1.83. The van der Waals surface area contributed by atoms with Gasteiger partial charge in [-0.15, -0.1) is 0 Å². The standard InChI is InChI=1S/C9H18.C7H15N/c1-3-5-7-9-8-6-4-2;1-7(2)3-5-8-6-4-7/h7,9H,3-6,8H2,1-2H3;8H,3-6H2,1-2H3/b9-7+;. The Morgan fingerprint density at radius 2 is 1.53 bits per heavy atom. The molecule has 1 aliphatic heterocycles. The summed E-state index contributed by atoms with van der Waals surface area (Å²) in [5, 5.41) is 3.34. The molecule has 0 aliphatic carbocycles. The maximum atomic E-state index is 3.34. The molecule has 0 aromatic heterocycles. The number of hydrogen-bond acceptors (Lipinski definition) is 1. The maximum absolute atomic E-state index is 3.34. The van der Waals surface area contributed by atoms with Gasteiger partial charge in [0.1, 0.15) is 0 Å². The van der Waals surface area contributed by atoms with Crippen LogP contribution in [0.3, 0.4) is 0 Å². The Morgan fingerprint density at radius 3 is 1.94 bits per heavy atom. The summed E-state index contributed by atoms with van der Waals surface area (Å²) < 4.78 is 0. The molecule has 1 heteroatoms. The van der Waals surface area contributed by atoms with Gasteiger partial charge in [-0.25, -0.2) is 0 Å². The normalized spacial score (nSPS) is 18.8. The molecule has 0 amide bonds. The molecule has 1 fully saturated rings. The highest BCUT2D eigenvalue weighted by atomic mass is 14.9. The van der Waals surface area contributed by atoms with E-state index in [9.17, 15) is 0 Å². The first-order valence-corrected chi connectivity index (χ1v) is 7.48. The molecule has 1 N–H and O–H groups in total. The fraction of sp³-hybridized carbons (Fsp3) is 0.875. The monoisotopic (exact) mass is 239 g/mol. The summed E-state index contributed by atoms with van der Waals surface area (Å²) in [7, 11) is 0. The Labute approximate surface area is 109 Å². The van der Waals surface area contributed by atoms with Crippen molar-refractivity contribution in [1.82, 2.24) is 5.32 Å². The van der Waals surface area contributed by atoms with Gasteiger partial charge in [-0.1, -0.05) is 59.1 Å². The molecule has 1 aliphatic rings. The number of allylic oxidation sites excluding steroid dienone is 2. The van der Waals surface area contributed by atoms with Crippen molar-refractivity contribution in [1.29, 1.82) is 0 Å². The first kappa shape index (κ1) is 16.7. The van der Waals surface area contributed by atoms with Crippen LogP contribution in [0.25, 0.3) is 0 Å². The summed E-state index contributed by atoms with van der Waals surface area (Å²) in [5.41, 5.74) is 0.616. The van der Waals surface area contributed by atoms with Crippen molar-refractivity contribution in [2.45, 2.75) is 72.6 Å². The second kappa shape index (κ2) is 10.8. The predicted molar refractivity (Wildman–Crippen MR) is 79.5 cm³/mol. The minimum atomic E-state index is 0.616. The van der Waals surface area contributed by atoms with E-state index in [1.54, 1.807) is 0 Å². The fourth-order valence-corrected chi connectivity index (χ4v) is 1.83. The zero-order valence-electron chi connectivity index (χ0n) is 12.5. The Bertz CT molecular complexity index is 174. The summed E-state index contributed by atoms with van der Waals surface area (Å²) >= 11 is 0. The van der Waals surface area contributed by atoms with Crippen molar-refractivity contribution in [3.63, 3.8) is 0 Å². The molecule has 1 nitrogen and oxygen atoms in total. The van der Waals surface area contributed by atoms with E-state index in [1.807, 2.05) is 0 Å². The number of hydrogen-bond donors (Lipinski definition) is 1. The minimum absolute atomic E-state index is 0.616. The SMILES string of the molecule is CC1(C)CCNCC1.CCC/C=C/CCCC. The molecule has 0 aromatic carbocycles. The largest absolute Gasteiger partial charge is 0.317 e. The Morgan fingerprint density at radius 1 is 0.941 bits per heavy atom. The molecule has 0 bridgehead atoms. The quantitative estimate of drug-likeness (QED) is 0.530. The Hall–Kier alpha value is -0.300. The summed E-state index contributed by atoms with van der Waals surface area (Å²) in [5.74, 6) is 0. The van der Waals surface area contributed by atoms with Crippen molar-refractivity contribution < 1.29 is 0 Å². The number of unbranched alkanes of at least 4 members (excludes halogenated alkanes) is 3. The van der Waals surface area contributed by atoms with E-state index in [1.165, 1.54) is 58.0 Å². The van der Waals surface area contributed by atoms with Crippen LogP contribution in [0.15, 0.2) is 12.2 Å². The summed E-state index contributed by atoms with van der Waals surface area (Å²) in [6.07, 6.45) is 13.7. The molecular weight excluding hydrogens is 206 g/mol. The molecule has 102 valence electrons. The van der Waals surface area contributed by atoms with Gasteiger partial charge in [-0.2, -0.15) is 0 Å². The molecular formula is C16H33N. The first-order valence-electron chi connectivity index (χ1n) is 7.48. The van der Waals surface area contributed by atoms with Gasteiger partial charge >= 0.3 is 0 Å². The lowest BCUT2D eigenvalue weighted by Crippen LogP contribution is -2.32. The van der Waals surface area contributed by atoms with Crippen molar-refractivity contribution in [3.8, 4) is 0 Å². The van der Waals surface area contributed by atoms with Crippen LogP contribution in [0.2, 0.25) is 0 Å². The van der Waals surface area contributed by atoms with Crippen LogP contribution < -0.4 is 5.32 Å². The Balaban J connectivity index is 0.000000302. The van der Waals surface area contributed by atoms with Crippen LogP contribution in [0.4, 0.5) is 0 Å². The molecule has 0 radical (unpaired) electrons. The van der Waals surface area contributed by atoms with Gasteiger partial charge in [0.15, 0.2) is 0 Å². The number of rotatable bonds is 5. The van der Waals surface area contributed by atoms with E-state index in [0.29, 0.717) is 5.41 Å². The maximum Gasteiger partial charge on any atom is -0.00438 e. The van der Waals surface area contributed by atoms with Crippen LogP contribution in [-0.2, 0) is 0 Å². The molecule has 0 atom stereocenters. The first-order chi connectivity index (χ1) is 8.12. The molecule has 0 aromatic rings. The second-order valence-corrected chi connectivity index (χ2v) is 5.82. The zero-order chi connectivity index (χ0) is 13.0. The molecule has 0 saturated carbocycles. The average molecular weight is 239 g/mol. The van der Waals surface area contributed by atoms with E-state index >= 15 is 0 Å². The third kappa shape index (κ3) is 12.0. The highest BCUT2D eigenvalue weighted by molar-refractivity contribution is 4.80. The van der Waals surface area contributed by atoms with Crippen molar-refractivity contribution >= 4 is 0 Å². The van der Waals surface area contributed by atoms with Gasteiger partial charge in [0.05, 0.1) is 0 Å². The molecule has 1 rings (SSSR count). The van der Waals surface area contributed by atoms with E-state index in [-0.39, 0.29) is 0 Å². The molecule has 1 heterocycles. The van der Waals surface area contributed by atoms with Crippen molar-refractivity contribution in [3.05, 3.63) is 12.2 Å². The summed E-state index contributed by atoms with van der Waals surface area (Å²) in [6, 6.07) is 0. The molecule has 17 heavy (non-hydrogen) atoms. The average Bonchev–Trinajstić information content (AvgIpc) is 2.29. The van der Waals surface area contributed by atoms with Crippen LogP contribution in [-0.4, -0.2) is 13.1 Å². The predicted octanol–water partition coefficient (Wildman–Crippen LogP) is 4.93. The van der Waals surface area contributed by atoms with E-state index in [0.717, 1.165) is 0 Å². The minimum Gasteiger partial charge on any atom is -0.317 e. The van der Waals surface area contributed by atoms with Gasteiger partial charge in [0.25, 0.3) is 0 Å². The van der Waals surface area contributed by atoms with Gasteiger partial charge in [0.2, 0.25) is 0 Å². The van der Waals surface area contributed by atoms with Crippen LogP contribution >= 0.6 is 0 Å². The third-order valence-corrected chi connectivity index (χ3v) is 3.30. The van der Waals surface area contributed by atoms with E-state index < -0.39 is 0 Å². The summed E-state index contributed by atoms with van der Waals surface area (Å²) in [6.45, 7) is 11.6. The number of piperidine rings is 1. The lowest BCUT2D eigenvalue weighted by atomic mass is 9.83. The van der Waals surface area contributed by atoms with Gasteiger partial charge in [-0.05, 0) is 44.2 Å². The van der Waals surface area contributed by atoms with Crippen LogP contribution in [0.5, 0.6) is 0 Å². The lowest BCUT2D eigenvalue weighted by Gasteiger charge is -2.29. The van der Waals surface area contributed by atoms with Gasteiger partial charge in [-0.3, -0.25) is 0 Å². The molecule has 0 unspecified atom stereocenters. The van der Waals surface area contributed by atoms with E-state index in [2.05, 4.69) is 45.2 Å². The molecule has 0 spiro atoms. The van der Waals surface area contributed by atoms with Crippen LogP contribution in [0, 0.1) is 5.41 Å². The number of nitrogens with one attached hydrogen (secondary N) is 1. The van der Waals surface area contributed by atoms with Gasteiger partial charge in [0, 0.05) is 0 Å². The Kier molecular flexibility index (Phi) is 10.6. The zero-order valence-corrected chi connectivity index (χ0v) is 12.5. The summed E-state index contributed by atoms with van der Waals surface area (Å²) in [4.78, 5) is 0. The smallest absolute Gasteiger partial charge is 0.00438 e. The highest BCUT2D eigenvalue weighted by Gasteiger charge is 2.19. The highest BCUT2D eigenvalue weighted by Crippen LogP contribution is 2.25.